The molecule has 1 saturated heterocycles. The molecule has 1 aromatic rings. The highest BCUT2D eigenvalue weighted by Crippen LogP contribution is 2.17. The van der Waals surface area contributed by atoms with E-state index in [-0.39, 0.29) is 7.43 Å². The van der Waals surface area contributed by atoms with Crippen LogP contribution in [0.3, 0.4) is 0 Å². The van der Waals surface area contributed by atoms with E-state index in [0.29, 0.717) is 0 Å². The lowest BCUT2D eigenvalue weighted by Gasteiger charge is -2.30. The highest BCUT2D eigenvalue weighted by Gasteiger charge is 2.15. The summed E-state index contributed by atoms with van der Waals surface area (Å²) in [5, 5.41) is 0. The minimum absolute atomic E-state index is 0. The smallest absolute Gasteiger partial charge is 0.106 e. The fourth-order valence-corrected chi connectivity index (χ4v) is 2.06. The van der Waals surface area contributed by atoms with Crippen molar-refractivity contribution in [1.82, 2.24) is 4.90 Å². The predicted molar refractivity (Wildman–Crippen MR) is 85.3 cm³/mol. The lowest BCUT2D eigenvalue weighted by molar-refractivity contribution is -0.0979. The van der Waals surface area contributed by atoms with Crippen molar-refractivity contribution in [2.75, 3.05) is 13.1 Å². The zero-order chi connectivity index (χ0) is 13.8. The van der Waals surface area contributed by atoms with Gasteiger partial charge in [0.05, 0.1) is 0 Å². The molecule has 110 valence electrons. The van der Waals surface area contributed by atoms with E-state index >= 15 is 0 Å². The van der Waals surface area contributed by atoms with Gasteiger partial charge >= 0.3 is 0 Å². The highest BCUT2D eigenvalue weighted by molar-refractivity contribution is 5.14. The largest absolute Gasteiger partial charge is 0.307 e. The van der Waals surface area contributed by atoms with E-state index in [1.165, 1.54) is 31.5 Å². The predicted octanol–water partition coefficient (Wildman–Crippen LogP) is 4.40. The number of benzene rings is 1. The summed E-state index contributed by atoms with van der Waals surface area (Å²) in [6.07, 6.45) is 2.74. The first-order valence-corrected chi connectivity index (χ1v) is 6.90. The van der Waals surface area contributed by atoms with Crippen molar-refractivity contribution in [3.8, 4) is 0 Å². The summed E-state index contributed by atoms with van der Waals surface area (Å²) in [6.45, 7) is 12.0. The third-order valence-electron chi connectivity index (χ3n) is 3.13. The van der Waals surface area contributed by atoms with Crippen LogP contribution in [0.5, 0.6) is 0 Å². The SMILES string of the molecule is C.C=O.CC.CC1CCN(Cc2ccccc2)CC1. The molecule has 1 aromatic carbocycles. The Hall–Kier alpha value is -1.15. The van der Waals surface area contributed by atoms with Gasteiger partial charge in [-0.3, -0.25) is 4.90 Å². The summed E-state index contributed by atoms with van der Waals surface area (Å²) in [7, 11) is 0. The molecule has 0 amide bonds. The van der Waals surface area contributed by atoms with E-state index in [1.54, 1.807) is 0 Å². The summed E-state index contributed by atoms with van der Waals surface area (Å²) in [5.74, 6) is 0.932. The molecule has 0 aromatic heterocycles. The average Bonchev–Trinajstić information content (AvgIpc) is 2.47. The second-order valence-corrected chi connectivity index (χ2v) is 4.44. The third kappa shape index (κ3) is 8.55. The van der Waals surface area contributed by atoms with Crippen molar-refractivity contribution >= 4 is 6.79 Å². The van der Waals surface area contributed by atoms with E-state index in [0.717, 1.165) is 12.5 Å². The molecule has 1 aliphatic heterocycles. The highest BCUT2D eigenvalue weighted by atomic mass is 16.1. The first-order valence-electron chi connectivity index (χ1n) is 6.90. The Morgan fingerprint density at radius 2 is 1.58 bits per heavy atom. The molecule has 0 spiro atoms. The molecule has 0 atom stereocenters. The minimum Gasteiger partial charge on any atom is -0.307 e. The molecule has 2 heteroatoms. The van der Waals surface area contributed by atoms with Crippen molar-refractivity contribution in [3.63, 3.8) is 0 Å². The van der Waals surface area contributed by atoms with Gasteiger partial charge in [-0.25, -0.2) is 0 Å². The van der Waals surface area contributed by atoms with Crippen LogP contribution in [-0.2, 0) is 11.3 Å². The van der Waals surface area contributed by atoms with Gasteiger partial charge < -0.3 is 4.79 Å². The van der Waals surface area contributed by atoms with Gasteiger partial charge in [0, 0.05) is 6.54 Å². The fourth-order valence-electron chi connectivity index (χ4n) is 2.06. The second kappa shape index (κ2) is 13.3. The second-order valence-electron chi connectivity index (χ2n) is 4.44. The molecule has 0 bridgehead atoms. The van der Waals surface area contributed by atoms with Crippen LogP contribution in [0.15, 0.2) is 30.3 Å². The quantitative estimate of drug-likeness (QED) is 0.790. The van der Waals surface area contributed by atoms with Gasteiger partial charge in [-0.05, 0) is 37.4 Å². The van der Waals surface area contributed by atoms with Gasteiger partial charge in [-0.2, -0.15) is 0 Å². The van der Waals surface area contributed by atoms with Crippen molar-refractivity contribution in [3.05, 3.63) is 35.9 Å². The van der Waals surface area contributed by atoms with Gasteiger partial charge in [-0.15, -0.1) is 0 Å². The number of hydrogen-bond donors (Lipinski definition) is 0. The van der Waals surface area contributed by atoms with Crippen molar-refractivity contribution in [2.24, 2.45) is 5.92 Å². The lowest BCUT2D eigenvalue weighted by atomic mass is 9.99. The number of carbonyl (C=O) groups excluding carboxylic acids is 1. The molecule has 19 heavy (non-hydrogen) atoms. The first kappa shape index (κ1) is 20.2. The van der Waals surface area contributed by atoms with Crippen LogP contribution < -0.4 is 0 Å². The molecule has 0 radical (unpaired) electrons. The molecule has 0 N–H and O–H groups in total. The minimum atomic E-state index is 0. The van der Waals surface area contributed by atoms with Gasteiger partial charge in [0.2, 0.25) is 0 Å². The number of rotatable bonds is 2. The average molecular weight is 265 g/mol. The van der Waals surface area contributed by atoms with Crippen LogP contribution in [-0.4, -0.2) is 24.8 Å². The Balaban J connectivity index is 0. The monoisotopic (exact) mass is 265 g/mol. The van der Waals surface area contributed by atoms with E-state index in [2.05, 4.69) is 42.2 Å². The number of likely N-dealkylation sites (tertiary alicyclic amines) is 1. The molecule has 2 nitrogen and oxygen atoms in total. The Kier molecular flexibility index (Phi) is 14.1. The van der Waals surface area contributed by atoms with Crippen LogP contribution in [0.25, 0.3) is 0 Å². The Morgan fingerprint density at radius 3 is 2.05 bits per heavy atom. The summed E-state index contributed by atoms with van der Waals surface area (Å²) in [4.78, 5) is 10.6. The maximum absolute atomic E-state index is 8.00. The zero-order valence-electron chi connectivity index (χ0n) is 12.1. The molecule has 0 saturated carbocycles. The van der Waals surface area contributed by atoms with Crippen LogP contribution >= 0.6 is 0 Å². The Morgan fingerprint density at radius 1 is 1.11 bits per heavy atom. The topological polar surface area (TPSA) is 20.3 Å². The van der Waals surface area contributed by atoms with Crippen molar-refractivity contribution < 1.29 is 4.79 Å². The summed E-state index contributed by atoms with van der Waals surface area (Å²) in [5.41, 5.74) is 1.45. The summed E-state index contributed by atoms with van der Waals surface area (Å²) < 4.78 is 0. The normalized spacial score (nSPS) is 15.1. The summed E-state index contributed by atoms with van der Waals surface area (Å²) >= 11 is 0. The van der Waals surface area contributed by atoms with Crippen molar-refractivity contribution in [1.29, 1.82) is 0 Å². The molecule has 0 aliphatic carbocycles. The van der Waals surface area contributed by atoms with Crippen molar-refractivity contribution in [2.45, 2.75) is 47.6 Å². The molecular formula is C17H31NO. The molecule has 2 rings (SSSR count). The van der Waals surface area contributed by atoms with Gasteiger partial charge in [-0.1, -0.05) is 58.5 Å². The maximum atomic E-state index is 8.00. The van der Waals surface area contributed by atoms with Crippen LogP contribution in [0.4, 0.5) is 0 Å². The number of carbonyl (C=O) groups is 1. The van der Waals surface area contributed by atoms with Crippen LogP contribution in [0.2, 0.25) is 0 Å². The van der Waals surface area contributed by atoms with E-state index in [9.17, 15) is 0 Å². The molecule has 0 unspecified atom stereocenters. The van der Waals surface area contributed by atoms with Crippen LogP contribution in [0, 0.1) is 5.92 Å². The van der Waals surface area contributed by atoms with Gasteiger partial charge in [0.15, 0.2) is 0 Å². The number of hydrogen-bond acceptors (Lipinski definition) is 2. The summed E-state index contributed by atoms with van der Waals surface area (Å²) in [6, 6.07) is 10.8. The standard InChI is InChI=1S/C13H19N.C2H6.CH2O.CH4/c1-12-7-9-14(10-8-12)11-13-5-3-2-4-6-13;2*1-2;/h2-6,12H,7-11H2,1H3;1-2H3;1H2;1H4. The molecule has 1 fully saturated rings. The third-order valence-corrected chi connectivity index (χ3v) is 3.13. The molecular weight excluding hydrogens is 234 g/mol. The fraction of sp³-hybridized carbons (Fsp3) is 0.588. The number of piperidine rings is 1. The number of nitrogens with zero attached hydrogens (tertiary/aromatic N) is 1. The lowest BCUT2D eigenvalue weighted by Crippen LogP contribution is -2.32. The maximum Gasteiger partial charge on any atom is 0.106 e. The zero-order valence-corrected chi connectivity index (χ0v) is 12.1. The van der Waals surface area contributed by atoms with Gasteiger partial charge in [0.25, 0.3) is 0 Å². The van der Waals surface area contributed by atoms with E-state index in [1.807, 2.05) is 20.6 Å². The molecule has 1 heterocycles. The first-order chi connectivity index (χ1) is 8.84. The molecule has 1 aliphatic rings. The Bertz CT molecular complexity index is 279. The van der Waals surface area contributed by atoms with E-state index in [4.69, 9.17) is 4.79 Å². The van der Waals surface area contributed by atoms with Gasteiger partial charge in [0.1, 0.15) is 6.79 Å². The Labute approximate surface area is 119 Å². The van der Waals surface area contributed by atoms with Crippen LogP contribution in [0.1, 0.15) is 46.6 Å². The van der Waals surface area contributed by atoms with E-state index < -0.39 is 0 Å².